The number of hydrogen-bond acceptors (Lipinski definition) is 5. The molecular formula is C6H12N5O+. The molecule has 0 unspecified atom stereocenters. The predicted octanol–water partition coefficient (Wildman–Crippen LogP) is -1.91. The van der Waals surface area contributed by atoms with E-state index in [1.165, 1.54) is 0 Å². The normalized spacial score (nSPS) is 18.2. The largest absolute Gasteiger partial charge is 0.362 e. The molecule has 2 heterocycles. The van der Waals surface area contributed by atoms with Gasteiger partial charge in [-0.05, 0) is 0 Å². The molecule has 1 fully saturated rings. The van der Waals surface area contributed by atoms with Crippen LogP contribution in [0.5, 0.6) is 0 Å². The Morgan fingerprint density at radius 2 is 2.33 bits per heavy atom. The van der Waals surface area contributed by atoms with Crippen LogP contribution in [0.25, 0.3) is 0 Å². The Bertz CT molecular complexity index is 254. The molecule has 1 saturated heterocycles. The first-order valence-electron chi connectivity index (χ1n) is 3.96. The Hall–Kier alpha value is -1.30. The molecule has 0 amide bonds. The van der Waals surface area contributed by atoms with Crippen molar-refractivity contribution in [1.29, 1.82) is 0 Å². The summed E-state index contributed by atoms with van der Waals surface area (Å²) in [6, 6.07) is 0. The van der Waals surface area contributed by atoms with Crippen LogP contribution in [0.3, 0.4) is 0 Å². The summed E-state index contributed by atoms with van der Waals surface area (Å²) in [6.45, 7) is 3.80. The molecule has 0 spiro atoms. The molecule has 0 radical (unpaired) electrons. The lowest BCUT2D eigenvalue weighted by atomic mass is 10.4. The fraction of sp³-hybridized carbons (Fsp3) is 0.667. The van der Waals surface area contributed by atoms with E-state index in [2.05, 4.69) is 15.6 Å². The summed E-state index contributed by atoms with van der Waals surface area (Å²) in [5.74, 6) is 0.341. The van der Waals surface area contributed by atoms with Gasteiger partial charge in [0.1, 0.15) is 0 Å². The molecule has 0 aliphatic carbocycles. The van der Waals surface area contributed by atoms with E-state index in [0.29, 0.717) is 5.88 Å². The lowest BCUT2D eigenvalue weighted by molar-refractivity contribution is -0.758. The molecule has 0 saturated carbocycles. The summed E-state index contributed by atoms with van der Waals surface area (Å²) >= 11 is 0. The molecule has 66 valence electrons. The van der Waals surface area contributed by atoms with E-state index in [4.69, 9.17) is 10.3 Å². The summed E-state index contributed by atoms with van der Waals surface area (Å²) < 4.78 is 4.75. The van der Waals surface area contributed by atoms with Gasteiger partial charge in [-0.2, -0.15) is 5.01 Å². The molecule has 3 N–H and O–H groups in total. The Labute approximate surface area is 69.9 Å². The second-order valence-electron chi connectivity index (χ2n) is 2.73. The molecular weight excluding hydrogens is 158 g/mol. The SMILES string of the molecule is Nc1c[n+](N2CCNCC2)no1. The summed E-state index contributed by atoms with van der Waals surface area (Å²) in [5.41, 5.74) is 5.39. The molecule has 0 bridgehead atoms. The van der Waals surface area contributed by atoms with Gasteiger partial charge in [0.2, 0.25) is 5.27 Å². The van der Waals surface area contributed by atoms with Crippen molar-refractivity contribution in [2.24, 2.45) is 0 Å². The smallest absolute Gasteiger partial charge is 0.296 e. The van der Waals surface area contributed by atoms with Crippen LogP contribution in [-0.2, 0) is 0 Å². The molecule has 0 aromatic carbocycles. The van der Waals surface area contributed by atoms with Crippen molar-refractivity contribution in [3.8, 4) is 0 Å². The topological polar surface area (TPSA) is 71.2 Å². The van der Waals surface area contributed by atoms with Crippen LogP contribution < -0.4 is 20.9 Å². The van der Waals surface area contributed by atoms with E-state index in [-0.39, 0.29) is 0 Å². The molecule has 1 aromatic heterocycles. The zero-order chi connectivity index (χ0) is 8.39. The number of hydrogen-bond donors (Lipinski definition) is 2. The van der Waals surface area contributed by atoms with Crippen LogP contribution in [0.2, 0.25) is 0 Å². The monoisotopic (exact) mass is 170 g/mol. The number of nitrogens with zero attached hydrogens (tertiary/aromatic N) is 3. The van der Waals surface area contributed by atoms with E-state index in [1.54, 1.807) is 11.0 Å². The Kier molecular flexibility index (Phi) is 1.83. The lowest BCUT2D eigenvalue weighted by Gasteiger charge is -2.19. The van der Waals surface area contributed by atoms with Gasteiger partial charge in [0.25, 0.3) is 12.1 Å². The second-order valence-corrected chi connectivity index (χ2v) is 2.73. The highest BCUT2D eigenvalue weighted by Gasteiger charge is 2.20. The molecule has 1 aromatic rings. The van der Waals surface area contributed by atoms with Gasteiger partial charge in [-0.15, -0.1) is 0 Å². The van der Waals surface area contributed by atoms with Gasteiger partial charge in [-0.3, -0.25) is 4.52 Å². The second kappa shape index (κ2) is 2.98. The minimum atomic E-state index is 0.341. The first kappa shape index (κ1) is 7.35. The minimum Gasteiger partial charge on any atom is -0.362 e. The molecule has 6 heteroatoms. The molecule has 2 rings (SSSR count). The van der Waals surface area contributed by atoms with Gasteiger partial charge in [-0.1, -0.05) is 0 Å². The van der Waals surface area contributed by atoms with Crippen LogP contribution in [-0.4, -0.2) is 31.5 Å². The first-order valence-corrected chi connectivity index (χ1v) is 3.96. The summed E-state index contributed by atoms with van der Waals surface area (Å²) in [7, 11) is 0. The van der Waals surface area contributed by atoms with Gasteiger partial charge in [0.15, 0.2) is 0 Å². The standard InChI is InChI=1S/C6H12N5O/c7-6-5-11(9-12-6)10-3-1-8-2-4-10/h5,8H,1-4,7H2/q+1. The number of nitrogen functional groups attached to an aromatic ring is 1. The average Bonchev–Trinajstić information content (AvgIpc) is 2.54. The van der Waals surface area contributed by atoms with Gasteiger partial charge in [-0.25, -0.2) is 0 Å². The number of piperazine rings is 1. The number of nitrogens with one attached hydrogen (secondary N) is 1. The van der Waals surface area contributed by atoms with Gasteiger partial charge < -0.3 is 11.1 Å². The number of aromatic nitrogens is 2. The third kappa shape index (κ3) is 1.33. The zero-order valence-electron chi connectivity index (χ0n) is 6.73. The molecule has 6 nitrogen and oxygen atoms in total. The highest BCUT2D eigenvalue weighted by atomic mass is 16.5. The first-order chi connectivity index (χ1) is 5.86. The summed E-state index contributed by atoms with van der Waals surface area (Å²) in [5, 5.41) is 9.07. The van der Waals surface area contributed by atoms with Crippen LogP contribution in [0, 0.1) is 0 Å². The van der Waals surface area contributed by atoms with E-state index < -0.39 is 0 Å². The Morgan fingerprint density at radius 3 is 2.92 bits per heavy atom. The van der Waals surface area contributed by atoms with Crippen LogP contribution >= 0.6 is 0 Å². The molecule has 0 atom stereocenters. The van der Waals surface area contributed by atoms with Crippen LogP contribution in [0.4, 0.5) is 5.88 Å². The predicted molar refractivity (Wildman–Crippen MR) is 41.9 cm³/mol. The number of anilines is 1. The van der Waals surface area contributed by atoms with E-state index in [0.717, 1.165) is 26.2 Å². The van der Waals surface area contributed by atoms with Crippen molar-refractivity contribution >= 4 is 5.88 Å². The van der Waals surface area contributed by atoms with Crippen LogP contribution in [0.1, 0.15) is 0 Å². The van der Waals surface area contributed by atoms with Gasteiger partial charge >= 0.3 is 0 Å². The third-order valence-electron chi connectivity index (χ3n) is 1.86. The fourth-order valence-electron chi connectivity index (χ4n) is 1.24. The van der Waals surface area contributed by atoms with Crippen molar-refractivity contribution in [3.05, 3.63) is 6.20 Å². The molecule has 1 aliphatic heterocycles. The highest BCUT2D eigenvalue weighted by Crippen LogP contribution is 1.91. The lowest BCUT2D eigenvalue weighted by Crippen LogP contribution is -2.64. The maximum Gasteiger partial charge on any atom is 0.296 e. The average molecular weight is 170 g/mol. The molecule has 1 aliphatic rings. The highest BCUT2D eigenvalue weighted by molar-refractivity contribution is 5.11. The van der Waals surface area contributed by atoms with Crippen LogP contribution in [0.15, 0.2) is 10.7 Å². The quantitative estimate of drug-likeness (QED) is 0.481. The maximum atomic E-state index is 5.39. The van der Waals surface area contributed by atoms with E-state index >= 15 is 0 Å². The van der Waals surface area contributed by atoms with Gasteiger partial charge in [0, 0.05) is 13.1 Å². The van der Waals surface area contributed by atoms with Gasteiger partial charge in [0.05, 0.1) is 17.9 Å². The van der Waals surface area contributed by atoms with E-state index in [1.807, 2.05) is 0 Å². The Balaban J connectivity index is 2.08. The van der Waals surface area contributed by atoms with Crippen molar-refractivity contribution in [2.45, 2.75) is 0 Å². The fourth-order valence-corrected chi connectivity index (χ4v) is 1.24. The van der Waals surface area contributed by atoms with Crippen molar-refractivity contribution in [3.63, 3.8) is 0 Å². The summed E-state index contributed by atoms with van der Waals surface area (Å²) in [6.07, 6.45) is 1.67. The zero-order valence-corrected chi connectivity index (χ0v) is 6.73. The minimum absolute atomic E-state index is 0.341. The number of rotatable bonds is 1. The maximum absolute atomic E-state index is 5.39. The van der Waals surface area contributed by atoms with Crippen molar-refractivity contribution < 1.29 is 9.31 Å². The van der Waals surface area contributed by atoms with Crippen molar-refractivity contribution in [2.75, 3.05) is 36.9 Å². The molecule has 12 heavy (non-hydrogen) atoms. The third-order valence-corrected chi connectivity index (χ3v) is 1.86. The van der Waals surface area contributed by atoms with E-state index in [9.17, 15) is 0 Å². The summed E-state index contributed by atoms with van der Waals surface area (Å²) in [4.78, 5) is 1.65. The van der Waals surface area contributed by atoms with Crippen molar-refractivity contribution in [1.82, 2.24) is 10.6 Å². The Morgan fingerprint density at radius 1 is 1.58 bits per heavy atom. The number of nitrogens with two attached hydrogens (primary N) is 1.